The Kier molecular flexibility index (Phi) is 5.17. The summed E-state index contributed by atoms with van der Waals surface area (Å²) in [5.41, 5.74) is 0.927. The number of hydrogen-bond donors (Lipinski definition) is 1. The first-order valence-electron chi connectivity index (χ1n) is 8.71. The van der Waals surface area contributed by atoms with Gasteiger partial charge in [-0.15, -0.1) is 0 Å². The molecule has 3 rings (SSSR count). The maximum Gasteiger partial charge on any atom is 0.243 e. The Morgan fingerprint density at radius 1 is 1.30 bits per heavy atom. The number of aliphatic hydroxyl groups excluding tert-OH is 1. The number of carbonyl (C=O) groups is 1. The maximum absolute atomic E-state index is 12.4. The van der Waals surface area contributed by atoms with Crippen LogP contribution in [0.25, 0.3) is 0 Å². The van der Waals surface area contributed by atoms with Crippen molar-refractivity contribution >= 4 is 5.91 Å². The third-order valence-electron chi connectivity index (χ3n) is 4.62. The van der Waals surface area contributed by atoms with Gasteiger partial charge in [-0.1, -0.05) is 30.3 Å². The topological polar surface area (TPSA) is 82.8 Å². The van der Waals surface area contributed by atoms with Crippen LogP contribution in [0.2, 0.25) is 0 Å². The Morgan fingerprint density at radius 3 is 2.63 bits per heavy atom. The highest BCUT2D eigenvalue weighted by molar-refractivity contribution is 5.73. The SMILES string of the molecule is CC(=O)N(OCc1ccccc1)C1c2cc(C#N)ccc2OC(C)(C)[C@H]1O. The van der Waals surface area contributed by atoms with E-state index < -0.39 is 17.7 Å². The Balaban J connectivity index is 1.99. The highest BCUT2D eigenvalue weighted by atomic mass is 16.7. The molecule has 0 aromatic heterocycles. The summed E-state index contributed by atoms with van der Waals surface area (Å²) in [6.45, 7) is 5.06. The van der Waals surface area contributed by atoms with Gasteiger partial charge >= 0.3 is 0 Å². The molecule has 2 aromatic rings. The van der Waals surface area contributed by atoms with E-state index in [0.717, 1.165) is 5.56 Å². The largest absolute Gasteiger partial charge is 0.485 e. The summed E-state index contributed by atoms with van der Waals surface area (Å²) < 4.78 is 5.90. The van der Waals surface area contributed by atoms with Gasteiger partial charge < -0.3 is 9.84 Å². The molecule has 27 heavy (non-hydrogen) atoms. The molecule has 0 saturated carbocycles. The molecule has 6 heteroatoms. The number of fused-ring (bicyclic) bond motifs is 1. The number of nitriles is 1. The second-order valence-corrected chi connectivity index (χ2v) is 7.06. The Hall–Kier alpha value is -2.88. The minimum absolute atomic E-state index is 0.179. The van der Waals surface area contributed by atoms with E-state index in [4.69, 9.17) is 9.57 Å². The van der Waals surface area contributed by atoms with Crippen LogP contribution in [0.5, 0.6) is 5.75 Å². The molecule has 0 spiro atoms. The average Bonchev–Trinajstić information content (AvgIpc) is 2.64. The van der Waals surface area contributed by atoms with E-state index >= 15 is 0 Å². The minimum atomic E-state index is -1.04. The van der Waals surface area contributed by atoms with Crippen LogP contribution < -0.4 is 4.74 Å². The molecular weight excluding hydrogens is 344 g/mol. The highest BCUT2D eigenvalue weighted by Crippen LogP contribution is 2.43. The third-order valence-corrected chi connectivity index (χ3v) is 4.62. The molecule has 1 unspecified atom stereocenters. The molecule has 1 N–H and O–H groups in total. The normalized spacial score (nSPS) is 20.1. The summed E-state index contributed by atoms with van der Waals surface area (Å²) >= 11 is 0. The lowest BCUT2D eigenvalue weighted by Crippen LogP contribution is -2.54. The predicted octanol–water partition coefficient (Wildman–Crippen LogP) is 3.11. The van der Waals surface area contributed by atoms with Crippen molar-refractivity contribution in [2.45, 2.75) is 45.1 Å². The van der Waals surface area contributed by atoms with Gasteiger partial charge in [0, 0.05) is 12.5 Å². The van der Waals surface area contributed by atoms with Crippen molar-refractivity contribution in [3.8, 4) is 11.8 Å². The molecular formula is C21H22N2O4. The van der Waals surface area contributed by atoms with Crippen molar-refractivity contribution in [1.82, 2.24) is 5.06 Å². The van der Waals surface area contributed by atoms with Crippen LogP contribution >= 0.6 is 0 Å². The second kappa shape index (κ2) is 7.39. The summed E-state index contributed by atoms with van der Waals surface area (Å²) in [5, 5.41) is 21.4. The van der Waals surface area contributed by atoms with E-state index in [0.29, 0.717) is 16.9 Å². The van der Waals surface area contributed by atoms with Gasteiger partial charge in [0.25, 0.3) is 0 Å². The Labute approximate surface area is 158 Å². The highest BCUT2D eigenvalue weighted by Gasteiger charge is 2.47. The van der Waals surface area contributed by atoms with Crippen LogP contribution in [-0.4, -0.2) is 27.8 Å². The van der Waals surface area contributed by atoms with E-state index in [1.807, 2.05) is 30.3 Å². The molecule has 1 aliphatic rings. The van der Waals surface area contributed by atoms with Crippen molar-refractivity contribution in [2.24, 2.45) is 0 Å². The van der Waals surface area contributed by atoms with Crippen molar-refractivity contribution < 1.29 is 19.5 Å². The number of hydroxylamine groups is 2. The molecule has 140 valence electrons. The zero-order valence-electron chi connectivity index (χ0n) is 15.5. The van der Waals surface area contributed by atoms with Crippen LogP contribution in [0.3, 0.4) is 0 Å². The lowest BCUT2D eigenvalue weighted by molar-refractivity contribution is -0.232. The zero-order chi connectivity index (χ0) is 19.6. The number of amides is 1. The molecule has 2 atom stereocenters. The molecule has 0 radical (unpaired) electrons. The average molecular weight is 366 g/mol. The van der Waals surface area contributed by atoms with Gasteiger partial charge in [0.2, 0.25) is 5.91 Å². The first-order chi connectivity index (χ1) is 12.8. The van der Waals surface area contributed by atoms with E-state index in [1.165, 1.54) is 12.0 Å². The smallest absolute Gasteiger partial charge is 0.243 e. The van der Waals surface area contributed by atoms with Gasteiger partial charge in [0.05, 0.1) is 11.6 Å². The quantitative estimate of drug-likeness (QED) is 0.841. The van der Waals surface area contributed by atoms with Gasteiger partial charge in [-0.2, -0.15) is 5.26 Å². The molecule has 0 bridgehead atoms. The molecule has 0 aliphatic carbocycles. The maximum atomic E-state index is 12.4. The third kappa shape index (κ3) is 3.80. The molecule has 2 aromatic carbocycles. The predicted molar refractivity (Wildman–Crippen MR) is 98.4 cm³/mol. The Morgan fingerprint density at radius 2 is 2.00 bits per heavy atom. The number of aliphatic hydroxyl groups is 1. The summed E-state index contributed by atoms with van der Waals surface area (Å²) in [7, 11) is 0. The van der Waals surface area contributed by atoms with Crippen LogP contribution in [0.1, 0.15) is 43.5 Å². The van der Waals surface area contributed by atoms with Crippen molar-refractivity contribution in [2.75, 3.05) is 0 Å². The fourth-order valence-electron chi connectivity index (χ4n) is 3.18. The molecule has 0 fully saturated rings. The molecule has 0 saturated heterocycles. The first kappa shape index (κ1) is 18.9. The van der Waals surface area contributed by atoms with Gasteiger partial charge in [-0.3, -0.25) is 9.63 Å². The Bertz CT molecular complexity index is 873. The summed E-state index contributed by atoms with van der Waals surface area (Å²) in [5.74, 6) is 0.171. The number of rotatable bonds is 4. The van der Waals surface area contributed by atoms with Gasteiger partial charge in [-0.25, -0.2) is 5.06 Å². The zero-order valence-corrected chi connectivity index (χ0v) is 15.5. The number of ether oxygens (including phenoxy) is 1. The fourth-order valence-corrected chi connectivity index (χ4v) is 3.18. The summed E-state index contributed by atoms with van der Waals surface area (Å²) in [6, 6.07) is 15.7. The number of nitrogens with zero attached hydrogens (tertiary/aromatic N) is 2. The standard InChI is InChI=1S/C21H22N2O4/c1-14(24)23(26-13-15-7-5-4-6-8-15)19-17-11-16(12-22)9-10-18(17)27-21(2,3)20(19)25/h4-11,19-20,25H,13H2,1-3H3/t19?,20-/m0/s1. The number of benzene rings is 2. The molecule has 1 amide bonds. The number of hydrogen-bond acceptors (Lipinski definition) is 5. The lowest BCUT2D eigenvalue weighted by Gasteiger charge is -2.45. The van der Waals surface area contributed by atoms with E-state index in [-0.39, 0.29) is 12.5 Å². The van der Waals surface area contributed by atoms with E-state index in [9.17, 15) is 15.2 Å². The number of carbonyl (C=O) groups excluding carboxylic acids is 1. The van der Waals surface area contributed by atoms with Gasteiger partial charge in [0.1, 0.15) is 30.1 Å². The van der Waals surface area contributed by atoms with Crippen molar-refractivity contribution in [1.29, 1.82) is 5.26 Å². The van der Waals surface area contributed by atoms with Gasteiger partial charge in [-0.05, 0) is 37.6 Å². The van der Waals surface area contributed by atoms with Gasteiger partial charge in [0.15, 0.2) is 0 Å². The van der Waals surface area contributed by atoms with E-state index in [1.54, 1.807) is 32.0 Å². The fraction of sp³-hybridized carbons (Fsp3) is 0.333. The lowest BCUT2D eigenvalue weighted by atomic mass is 9.85. The van der Waals surface area contributed by atoms with Crippen LogP contribution in [0.15, 0.2) is 48.5 Å². The van der Waals surface area contributed by atoms with Crippen LogP contribution in [0.4, 0.5) is 0 Å². The van der Waals surface area contributed by atoms with Crippen molar-refractivity contribution in [3.63, 3.8) is 0 Å². The molecule has 1 aliphatic heterocycles. The second-order valence-electron chi connectivity index (χ2n) is 7.06. The van der Waals surface area contributed by atoms with Crippen molar-refractivity contribution in [3.05, 3.63) is 65.2 Å². The molecule has 6 nitrogen and oxygen atoms in total. The summed E-state index contributed by atoms with van der Waals surface area (Å²) in [4.78, 5) is 18.2. The minimum Gasteiger partial charge on any atom is -0.485 e. The molecule has 1 heterocycles. The monoisotopic (exact) mass is 366 g/mol. The van der Waals surface area contributed by atoms with E-state index in [2.05, 4.69) is 6.07 Å². The van der Waals surface area contributed by atoms with Crippen LogP contribution in [0, 0.1) is 11.3 Å². The van der Waals surface area contributed by atoms with Crippen LogP contribution in [-0.2, 0) is 16.2 Å². The first-order valence-corrected chi connectivity index (χ1v) is 8.71. The summed E-state index contributed by atoms with van der Waals surface area (Å²) in [6.07, 6.45) is -1.04.